The molecule has 2 atom stereocenters. The van der Waals surface area contributed by atoms with Crippen LogP contribution in [0.2, 0.25) is 10.0 Å². The fourth-order valence-electron chi connectivity index (χ4n) is 2.32. The molecule has 17 heavy (non-hydrogen) atoms. The molecule has 0 aliphatic heterocycles. The number of rotatable bonds is 3. The van der Waals surface area contributed by atoms with Crippen LogP contribution in [-0.4, -0.2) is 19.3 Å². The minimum Gasteiger partial charge on any atom is -0.381 e. The van der Waals surface area contributed by atoms with E-state index in [1.165, 1.54) is 6.42 Å². The summed E-state index contributed by atoms with van der Waals surface area (Å²) in [6, 6.07) is 5.92. The Hall–Kier alpha value is -0.440. The van der Waals surface area contributed by atoms with Gasteiger partial charge in [0, 0.05) is 18.2 Å². The molecule has 0 saturated heterocycles. The zero-order valence-electron chi connectivity index (χ0n) is 9.88. The third kappa shape index (κ3) is 3.51. The average molecular weight is 274 g/mol. The quantitative estimate of drug-likeness (QED) is 0.884. The Morgan fingerprint density at radius 3 is 2.88 bits per heavy atom. The van der Waals surface area contributed by atoms with Crippen molar-refractivity contribution in [2.45, 2.75) is 37.8 Å². The number of ether oxygens (including phenoxy) is 1. The van der Waals surface area contributed by atoms with E-state index in [-0.39, 0.29) is 0 Å². The largest absolute Gasteiger partial charge is 0.381 e. The summed E-state index contributed by atoms with van der Waals surface area (Å²) in [5, 5.41) is 4.88. The summed E-state index contributed by atoms with van der Waals surface area (Å²) in [5.41, 5.74) is 0.918. The van der Waals surface area contributed by atoms with Gasteiger partial charge in [0.15, 0.2) is 0 Å². The molecule has 0 amide bonds. The minimum atomic E-state index is 0.360. The number of hydrogen-bond donors (Lipinski definition) is 1. The van der Waals surface area contributed by atoms with Crippen LogP contribution in [0.15, 0.2) is 18.2 Å². The van der Waals surface area contributed by atoms with Gasteiger partial charge in [-0.05, 0) is 43.9 Å². The highest BCUT2D eigenvalue weighted by Gasteiger charge is 2.21. The van der Waals surface area contributed by atoms with Crippen LogP contribution in [0.3, 0.4) is 0 Å². The highest BCUT2D eigenvalue weighted by Crippen LogP contribution is 2.29. The summed E-state index contributed by atoms with van der Waals surface area (Å²) in [6.45, 7) is 0. The monoisotopic (exact) mass is 273 g/mol. The standard InChI is InChI=1S/C13H17Cl2NO/c1-17-11-4-2-3-10(8-11)16-13-7-9(14)5-6-12(13)15/h5-7,10-11,16H,2-4,8H2,1H3. The van der Waals surface area contributed by atoms with Gasteiger partial charge in [-0.25, -0.2) is 0 Å². The highest BCUT2D eigenvalue weighted by molar-refractivity contribution is 6.35. The SMILES string of the molecule is COC1CCCC(Nc2cc(Cl)ccc2Cl)C1. The van der Waals surface area contributed by atoms with Crippen LogP contribution in [-0.2, 0) is 4.74 Å². The number of hydrogen-bond acceptors (Lipinski definition) is 2. The van der Waals surface area contributed by atoms with Gasteiger partial charge in [-0.15, -0.1) is 0 Å². The molecule has 0 spiro atoms. The van der Waals surface area contributed by atoms with Gasteiger partial charge in [0.25, 0.3) is 0 Å². The van der Waals surface area contributed by atoms with Crippen LogP contribution in [0, 0.1) is 0 Å². The van der Waals surface area contributed by atoms with Crippen LogP contribution in [0.4, 0.5) is 5.69 Å². The van der Waals surface area contributed by atoms with Gasteiger partial charge in [-0.3, -0.25) is 0 Å². The average Bonchev–Trinajstić information content (AvgIpc) is 2.34. The molecule has 1 aromatic rings. The molecule has 0 aromatic heterocycles. The molecule has 1 saturated carbocycles. The summed E-state index contributed by atoms with van der Waals surface area (Å²) in [7, 11) is 1.78. The van der Waals surface area contributed by atoms with Crippen molar-refractivity contribution in [1.29, 1.82) is 0 Å². The topological polar surface area (TPSA) is 21.3 Å². The smallest absolute Gasteiger partial charge is 0.0638 e. The van der Waals surface area contributed by atoms with E-state index in [1.54, 1.807) is 13.2 Å². The van der Waals surface area contributed by atoms with E-state index in [0.717, 1.165) is 24.9 Å². The summed E-state index contributed by atoms with van der Waals surface area (Å²) >= 11 is 12.1. The lowest BCUT2D eigenvalue weighted by molar-refractivity contribution is 0.0669. The van der Waals surface area contributed by atoms with Gasteiger partial charge in [0.2, 0.25) is 0 Å². The molecule has 1 fully saturated rings. The van der Waals surface area contributed by atoms with E-state index < -0.39 is 0 Å². The molecule has 2 nitrogen and oxygen atoms in total. The normalized spacial score (nSPS) is 24.6. The first-order chi connectivity index (χ1) is 8.19. The van der Waals surface area contributed by atoms with Crippen LogP contribution in [0.25, 0.3) is 0 Å². The Morgan fingerprint density at radius 1 is 1.29 bits per heavy atom. The first-order valence-electron chi connectivity index (χ1n) is 5.93. The Kier molecular flexibility index (Phi) is 4.55. The van der Waals surface area contributed by atoms with Crippen LogP contribution < -0.4 is 5.32 Å². The summed E-state index contributed by atoms with van der Waals surface area (Å²) in [5.74, 6) is 0. The molecule has 1 aliphatic carbocycles. The molecular formula is C13H17Cl2NO. The fraction of sp³-hybridized carbons (Fsp3) is 0.538. The van der Waals surface area contributed by atoms with E-state index in [1.807, 2.05) is 12.1 Å². The predicted molar refractivity (Wildman–Crippen MR) is 73.1 cm³/mol. The maximum Gasteiger partial charge on any atom is 0.0638 e. The molecule has 94 valence electrons. The van der Waals surface area contributed by atoms with Crippen molar-refractivity contribution in [1.82, 2.24) is 0 Å². The number of anilines is 1. The van der Waals surface area contributed by atoms with Gasteiger partial charge in [0.05, 0.1) is 16.8 Å². The summed E-state index contributed by atoms with van der Waals surface area (Å²) in [6.07, 6.45) is 4.88. The van der Waals surface area contributed by atoms with Crippen molar-refractivity contribution >= 4 is 28.9 Å². The lowest BCUT2D eigenvalue weighted by Crippen LogP contribution is -2.31. The molecule has 0 bridgehead atoms. The van der Waals surface area contributed by atoms with E-state index in [2.05, 4.69) is 5.32 Å². The van der Waals surface area contributed by atoms with Crippen molar-refractivity contribution in [2.24, 2.45) is 0 Å². The van der Waals surface area contributed by atoms with Gasteiger partial charge in [-0.1, -0.05) is 23.2 Å². The van der Waals surface area contributed by atoms with Gasteiger partial charge < -0.3 is 10.1 Å². The zero-order chi connectivity index (χ0) is 12.3. The second-order valence-corrected chi connectivity index (χ2v) is 5.33. The van der Waals surface area contributed by atoms with Crippen molar-refractivity contribution in [3.63, 3.8) is 0 Å². The summed E-state index contributed by atoms with van der Waals surface area (Å²) in [4.78, 5) is 0. The molecule has 0 radical (unpaired) electrons. The number of benzene rings is 1. The fourth-order valence-corrected chi connectivity index (χ4v) is 2.66. The lowest BCUT2D eigenvalue weighted by Gasteiger charge is -2.29. The third-order valence-electron chi connectivity index (χ3n) is 3.25. The molecule has 1 N–H and O–H groups in total. The number of nitrogens with one attached hydrogen (secondary N) is 1. The second-order valence-electron chi connectivity index (χ2n) is 4.49. The van der Waals surface area contributed by atoms with Gasteiger partial charge >= 0.3 is 0 Å². The number of methoxy groups -OCH3 is 1. The Morgan fingerprint density at radius 2 is 2.12 bits per heavy atom. The van der Waals surface area contributed by atoms with E-state index in [4.69, 9.17) is 27.9 Å². The summed E-state index contributed by atoms with van der Waals surface area (Å²) < 4.78 is 5.41. The maximum absolute atomic E-state index is 6.13. The van der Waals surface area contributed by atoms with E-state index in [9.17, 15) is 0 Å². The second kappa shape index (κ2) is 5.94. The molecule has 1 aromatic carbocycles. The molecule has 1 aliphatic rings. The maximum atomic E-state index is 6.13. The Labute approximate surface area is 112 Å². The van der Waals surface area contributed by atoms with Crippen LogP contribution in [0.5, 0.6) is 0 Å². The molecular weight excluding hydrogens is 257 g/mol. The first kappa shape index (κ1) is 13.0. The van der Waals surface area contributed by atoms with Crippen molar-refractivity contribution in [3.8, 4) is 0 Å². The van der Waals surface area contributed by atoms with Crippen molar-refractivity contribution in [3.05, 3.63) is 28.2 Å². The molecule has 2 rings (SSSR count). The van der Waals surface area contributed by atoms with Gasteiger partial charge in [-0.2, -0.15) is 0 Å². The molecule has 4 heteroatoms. The van der Waals surface area contributed by atoms with Crippen LogP contribution in [0.1, 0.15) is 25.7 Å². The highest BCUT2D eigenvalue weighted by atomic mass is 35.5. The predicted octanol–water partition coefficient (Wildman–Crippen LogP) is 4.36. The Bertz CT molecular complexity index is 384. The van der Waals surface area contributed by atoms with Crippen LogP contribution >= 0.6 is 23.2 Å². The lowest BCUT2D eigenvalue weighted by atomic mass is 9.92. The van der Waals surface area contributed by atoms with E-state index >= 15 is 0 Å². The zero-order valence-corrected chi connectivity index (χ0v) is 11.4. The number of halogens is 2. The minimum absolute atomic E-state index is 0.360. The van der Waals surface area contributed by atoms with Crippen molar-refractivity contribution < 1.29 is 4.74 Å². The first-order valence-corrected chi connectivity index (χ1v) is 6.69. The Balaban J connectivity index is 2.02. The third-order valence-corrected chi connectivity index (χ3v) is 3.81. The van der Waals surface area contributed by atoms with E-state index in [0.29, 0.717) is 22.2 Å². The molecule has 0 heterocycles. The van der Waals surface area contributed by atoms with Gasteiger partial charge in [0.1, 0.15) is 0 Å². The van der Waals surface area contributed by atoms with Crippen molar-refractivity contribution in [2.75, 3.05) is 12.4 Å². The molecule has 2 unspecified atom stereocenters.